The Morgan fingerprint density at radius 2 is 1.62 bits per heavy atom. The van der Waals surface area contributed by atoms with Crippen molar-refractivity contribution in [2.45, 2.75) is 58.8 Å². The molecular weight excluding hydrogens is 438 g/mol. The second-order valence-corrected chi connectivity index (χ2v) is 9.50. The molecule has 3 rings (SSSR count). The molecule has 2 aromatic carbocycles. The molecule has 0 spiro atoms. The molecule has 0 aliphatic heterocycles. The maximum absolute atomic E-state index is 12.3. The maximum atomic E-state index is 12.3. The van der Waals surface area contributed by atoms with Gasteiger partial charge in [-0.25, -0.2) is 19.1 Å². The lowest BCUT2D eigenvalue weighted by Crippen LogP contribution is -2.37. The number of carboxylic acids is 1. The molecular formula is C25H29N3O6. The van der Waals surface area contributed by atoms with E-state index >= 15 is 0 Å². The van der Waals surface area contributed by atoms with Gasteiger partial charge < -0.3 is 14.6 Å². The number of aromatic amines is 1. The minimum atomic E-state index is -1.40. The summed E-state index contributed by atoms with van der Waals surface area (Å²) in [7, 11) is 0. The van der Waals surface area contributed by atoms with Crippen molar-refractivity contribution in [3.05, 3.63) is 81.5 Å². The molecule has 0 radical (unpaired) electrons. The molecule has 0 atom stereocenters. The molecule has 180 valence electrons. The number of aromatic nitrogens is 3. The van der Waals surface area contributed by atoms with Crippen molar-refractivity contribution in [1.29, 1.82) is 0 Å². The molecule has 0 unspecified atom stereocenters. The Labute approximate surface area is 197 Å². The summed E-state index contributed by atoms with van der Waals surface area (Å²) < 4.78 is 11.9. The molecule has 0 fully saturated rings. The second-order valence-electron chi connectivity index (χ2n) is 9.50. The summed E-state index contributed by atoms with van der Waals surface area (Å²) in [5, 5.41) is 13.3. The van der Waals surface area contributed by atoms with Gasteiger partial charge >= 0.3 is 17.6 Å². The maximum Gasteiger partial charge on any atom is 0.347 e. The molecule has 9 heteroatoms. The Balaban J connectivity index is 1.59. The van der Waals surface area contributed by atoms with E-state index in [1.165, 1.54) is 48.4 Å². The Hall–Kier alpha value is -3.88. The minimum absolute atomic E-state index is 0.0428. The van der Waals surface area contributed by atoms with Gasteiger partial charge in [0.1, 0.15) is 5.75 Å². The van der Waals surface area contributed by atoms with Crippen molar-refractivity contribution in [2.24, 2.45) is 0 Å². The third-order valence-electron chi connectivity index (χ3n) is 5.20. The number of carbonyl (C=O) groups is 2. The minimum Gasteiger partial charge on any atom is -0.478 e. The number of benzene rings is 2. The lowest BCUT2D eigenvalue weighted by atomic mass is 9.87. The first-order valence-corrected chi connectivity index (χ1v) is 10.8. The van der Waals surface area contributed by atoms with Gasteiger partial charge in [0.25, 0.3) is 0 Å². The number of H-pyrrole nitrogens is 1. The van der Waals surface area contributed by atoms with Gasteiger partial charge in [-0.15, -0.1) is 0 Å². The predicted molar refractivity (Wildman–Crippen MR) is 125 cm³/mol. The average molecular weight is 468 g/mol. The first-order chi connectivity index (χ1) is 15.8. The molecule has 9 nitrogen and oxygen atoms in total. The van der Waals surface area contributed by atoms with Crippen molar-refractivity contribution < 1.29 is 24.2 Å². The summed E-state index contributed by atoms with van der Waals surface area (Å²) in [5.41, 5.74) is 0.624. The van der Waals surface area contributed by atoms with Gasteiger partial charge in [0.15, 0.2) is 18.0 Å². The summed E-state index contributed by atoms with van der Waals surface area (Å²) in [6.07, 6.45) is 0. The van der Waals surface area contributed by atoms with Crippen LogP contribution in [0.5, 0.6) is 5.75 Å². The SMILES string of the molecule is CC(C)(Oc1ccc(C(=O)OCc2nn(Cc3ccc(C(C)(C)C)cc3)c(=O)[nH]2)cc1)C(=O)O. The highest BCUT2D eigenvalue weighted by atomic mass is 16.5. The van der Waals surface area contributed by atoms with Crippen molar-refractivity contribution in [3.63, 3.8) is 0 Å². The fraction of sp³-hybridized carbons (Fsp3) is 0.360. The molecule has 1 heterocycles. The number of aliphatic carboxylic acids is 1. The van der Waals surface area contributed by atoms with E-state index in [-0.39, 0.29) is 23.4 Å². The van der Waals surface area contributed by atoms with Crippen LogP contribution < -0.4 is 10.4 Å². The summed E-state index contributed by atoms with van der Waals surface area (Å²) in [6.45, 7) is 9.36. The zero-order valence-corrected chi connectivity index (χ0v) is 19.9. The van der Waals surface area contributed by atoms with Crippen LogP contribution in [-0.4, -0.2) is 37.4 Å². The van der Waals surface area contributed by atoms with Crippen molar-refractivity contribution in [2.75, 3.05) is 0 Å². The number of rotatable bonds is 8. The predicted octanol–water partition coefficient (Wildman–Crippen LogP) is 3.52. The molecule has 0 aliphatic rings. The summed E-state index contributed by atoms with van der Waals surface area (Å²) in [6, 6.07) is 13.9. The van der Waals surface area contributed by atoms with Crippen LogP contribution in [0.1, 0.15) is 61.9 Å². The Bertz CT molecular complexity index is 1220. The number of esters is 1. The van der Waals surface area contributed by atoms with Crippen LogP contribution in [-0.2, 0) is 28.1 Å². The van der Waals surface area contributed by atoms with Gasteiger partial charge in [0, 0.05) is 0 Å². The van der Waals surface area contributed by atoms with E-state index in [9.17, 15) is 14.4 Å². The van der Waals surface area contributed by atoms with Crippen LogP contribution in [0.4, 0.5) is 0 Å². The molecule has 0 saturated carbocycles. The Morgan fingerprint density at radius 1 is 1.00 bits per heavy atom. The highest BCUT2D eigenvalue weighted by Gasteiger charge is 2.29. The summed E-state index contributed by atoms with van der Waals surface area (Å²) >= 11 is 0. The largest absolute Gasteiger partial charge is 0.478 e. The van der Waals surface area contributed by atoms with Gasteiger partial charge in [-0.1, -0.05) is 45.0 Å². The third-order valence-corrected chi connectivity index (χ3v) is 5.20. The second kappa shape index (κ2) is 9.54. The molecule has 0 aliphatic carbocycles. The molecule has 0 saturated heterocycles. The molecule has 2 N–H and O–H groups in total. The van der Waals surface area contributed by atoms with Gasteiger partial charge in [0.2, 0.25) is 0 Å². The summed E-state index contributed by atoms with van der Waals surface area (Å²) in [5.74, 6) is -1.18. The van der Waals surface area contributed by atoms with Crippen molar-refractivity contribution in [1.82, 2.24) is 14.8 Å². The van der Waals surface area contributed by atoms with E-state index in [2.05, 4.69) is 30.9 Å². The zero-order chi connectivity index (χ0) is 25.1. The molecule has 3 aromatic rings. The average Bonchev–Trinajstić information content (AvgIpc) is 3.11. The van der Waals surface area contributed by atoms with Gasteiger partial charge in [0.05, 0.1) is 12.1 Å². The number of hydrogen-bond acceptors (Lipinski definition) is 6. The normalized spacial score (nSPS) is 11.8. The van der Waals surface area contributed by atoms with Gasteiger partial charge in [-0.2, -0.15) is 5.10 Å². The van der Waals surface area contributed by atoms with Gasteiger partial charge in [-0.3, -0.25) is 4.98 Å². The monoisotopic (exact) mass is 467 g/mol. The van der Waals surface area contributed by atoms with Crippen molar-refractivity contribution >= 4 is 11.9 Å². The Kier molecular flexibility index (Phi) is 6.95. The van der Waals surface area contributed by atoms with E-state index in [4.69, 9.17) is 14.6 Å². The van der Waals surface area contributed by atoms with E-state index in [0.717, 1.165) is 5.56 Å². The first kappa shape index (κ1) is 24.8. The smallest absolute Gasteiger partial charge is 0.347 e. The van der Waals surface area contributed by atoms with Crippen molar-refractivity contribution in [3.8, 4) is 5.75 Å². The molecule has 1 aromatic heterocycles. The van der Waals surface area contributed by atoms with E-state index in [0.29, 0.717) is 12.3 Å². The number of carbonyl (C=O) groups excluding carboxylic acids is 1. The first-order valence-electron chi connectivity index (χ1n) is 10.8. The number of hydrogen-bond donors (Lipinski definition) is 2. The molecule has 0 bridgehead atoms. The van der Waals surface area contributed by atoms with Crippen LogP contribution in [0.3, 0.4) is 0 Å². The summed E-state index contributed by atoms with van der Waals surface area (Å²) in [4.78, 5) is 38.3. The third kappa shape index (κ3) is 6.12. The highest BCUT2D eigenvalue weighted by molar-refractivity contribution is 5.89. The van der Waals surface area contributed by atoms with E-state index < -0.39 is 23.2 Å². The number of nitrogens with zero attached hydrogens (tertiary/aromatic N) is 2. The van der Waals surface area contributed by atoms with Crippen LogP contribution in [0.25, 0.3) is 0 Å². The van der Waals surface area contributed by atoms with Crippen LogP contribution in [0, 0.1) is 0 Å². The van der Waals surface area contributed by atoms with E-state index in [1.807, 2.05) is 24.3 Å². The highest BCUT2D eigenvalue weighted by Crippen LogP contribution is 2.22. The lowest BCUT2D eigenvalue weighted by Gasteiger charge is -2.21. The topological polar surface area (TPSA) is 124 Å². The van der Waals surface area contributed by atoms with Crippen LogP contribution in [0.2, 0.25) is 0 Å². The molecule has 34 heavy (non-hydrogen) atoms. The fourth-order valence-electron chi connectivity index (χ4n) is 3.07. The van der Waals surface area contributed by atoms with Gasteiger partial charge in [-0.05, 0) is 54.7 Å². The number of carboxylic acid groups (broad SMARTS) is 1. The quantitative estimate of drug-likeness (QED) is 0.486. The van der Waals surface area contributed by atoms with Crippen LogP contribution in [0.15, 0.2) is 53.3 Å². The zero-order valence-electron chi connectivity index (χ0n) is 19.9. The lowest BCUT2D eigenvalue weighted by molar-refractivity contribution is -0.152. The van der Waals surface area contributed by atoms with Crippen LogP contribution >= 0.6 is 0 Å². The Morgan fingerprint density at radius 3 is 2.18 bits per heavy atom. The van der Waals surface area contributed by atoms with E-state index in [1.54, 1.807) is 0 Å². The fourth-order valence-corrected chi connectivity index (χ4v) is 3.07. The number of nitrogens with one attached hydrogen (secondary N) is 1. The standard InChI is InChI=1S/C25H29N3O6/c1-24(2,3)18-10-6-16(7-11-18)14-28-23(32)26-20(27-28)15-33-21(29)17-8-12-19(13-9-17)34-25(4,5)22(30)31/h6-13H,14-15H2,1-5H3,(H,30,31)(H,26,27,32). The molecule has 0 amide bonds. The number of ether oxygens (including phenoxy) is 2.